The lowest BCUT2D eigenvalue weighted by molar-refractivity contribution is 0.0785. The molecule has 0 spiro atoms. The summed E-state index contributed by atoms with van der Waals surface area (Å²) in [5.41, 5.74) is 2.39. The Labute approximate surface area is 232 Å². The molecule has 5 rings (SSSR count). The molecule has 8 nitrogen and oxygen atoms in total. The van der Waals surface area contributed by atoms with Gasteiger partial charge < -0.3 is 19.7 Å². The molecule has 0 saturated carbocycles. The Bertz CT molecular complexity index is 1650. The number of hydrogen-bond donors (Lipinski definition) is 1. The zero-order chi connectivity index (χ0) is 27.9. The van der Waals surface area contributed by atoms with Crippen LogP contribution in [0.4, 0.5) is 11.4 Å². The Morgan fingerprint density at radius 2 is 1.57 bits per heavy atom. The van der Waals surface area contributed by atoms with Crippen molar-refractivity contribution in [3.8, 4) is 22.9 Å². The van der Waals surface area contributed by atoms with E-state index in [-0.39, 0.29) is 17.3 Å². The van der Waals surface area contributed by atoms with Crippen molar-refractivity contribution in [1.82, 2.24) is 14.7 Å². The maximum Gasteiger partial charge on any atom is 0.299 e. The Morgan fingerprint density at radius 3 is 2.27 bits per heavy atom. The summed E-state index contributed by atoms with van der Waals surface area (Å²) in [6.07, 6.45) is 1.49. The van der Waals surface area contributed by atoms with E-state index < -0.39 is 5.56 Å². The number of carbonyl (C=O) groups is 1. The molecule has 8 heteroatoms. The average Bonchev–Trinajstić information content (AvgIpc) is 3.00. The first-order valence-corrected chi connectivity index (χ1v) is 12.7. The summed E-state index contributed by atoms with van der Waals surface area (Å²) < 4.78 is 12.6. The van der Waals surface area contributed by atoms with E-state index in [1.165, 1.54) is 10.9 Å². The van der Waals surface area contributed by atoms with Crippen LogP contribution in [0, 0.1) is 0 Å². The second kappa shape index (κ2) is 12.0. The number of nitrogens with zero attached hydrogens (tertiary/aromatic N) is 3. The van der Waals surface area contributed by atoms with Crippen LogP contribution in [0.5, 0.6) is 17.2 Å². The van der Waals surface area contributed by atoms with Crippen molar-refractivity contribution < 1.29 is 14.3 Å². The van der Waals surface area contributed by atoms with Crippen molar-refractivity contribution in [2.24, 2.45) is 0 Å². The van der Waals surface area contributed by atoms with Crippen molar-refractivity contribution >= 4 is 17.3 Å². The summed E-state index contributed by atoms with van der Waals surface area (Å²) in [6.45, 7) is 0.476. The molecule has 0 atom stereocenters. The Hall–Kier alpha value is -5.37. The molecule has 1 amide bonds. The highest BCUT2D eigenvalue weighted by atomic mass is 16.5. The van der Waals surface area contributed by atoms with Gasteiger partial charge in [-0.15, -0.1) is 0 Å². The third kappa shape index (κ3) is 6.02. The maximum absolute atomic E-state index is 13.7. The number of nitrogens with one attached hydrogen (secondary N) is 1. The van der Waals surface area contributed by atoms with Gasteiger partial charge in [0.2, 0.25) is 0 Å². The van der Waals surface area contributed by atoms with Crippen LogP contribution in [0.2, 0.25) is 0 Å². The molecule has 5 aromatic rings. The van der Waals surface area contributed by atoms with Gasteiger partial charge in [0, 0.05) is 24.8 Å². The first-order valence-electron chi connectivity index (χ1n) is 12.7. The molecule has 0 aliphatic carbocycles. The van der Waals surface area contributed by atoms with E-state index in [4.69, 9.17) is 9.47 Å². The summed E-state index contributed by atoms with van der Waals surface area (Å²) in [5.74, 6) is 1.33. The standard InChI is InChI=1S/C32H28N4O4/c1-35(22-23-10-5-3-6-11-23)31(37)24-12-9-13-25(20-24)34-30-29(40-28-14-7-4-8-15-28)21-33-36(32(30)38)26-16-18-27(39-2)19-17-26/h3-21,34H,22H2,1-2H3. The van der Waals surface area contributed by atoms with Gasteiger partial charge >= 0.3 is 0 Å². The number of anilines is 2. The minimum absolute atomic E-state index is 0.140. The number of rotatable bonds is 9. The fraction of sp³-hybridized carbons (Fsp3) is 0.0938. The zero-order valence-corrected chi connectivity index (χ0v) is 22.2. The van der Waals surface area contributed by atoms with Gasteiger partial charge in [0.1, 0.15) is 11.5 Å². The molecule has 0 radical (unpaired) electrons. The van der Waals surface area contributed by atoms with Gasteiger partial charge in [-0.1, -0.05) is 54.6 Å². The summed E-state index contributed by atoms with van der Waals surface area (Å²) in [4.78, 5) is 28.6. The molecule has 0 aliphatic heterocycles. The SMILES string of the molecule is COc1ccc(-n2ncc(Oc3ccccc3)c(Nc3cccc(C(=O)N(C)Cc4ccccc4)c3)c2=O)cc1. The average molecular weight is 533 g/mol. The highest BCUT2D eigenvalue weighted by molar-refractivity contribution is 5.95. The lowest BCUT2D eigenvalue weighted by Gasteiger charge is -2.18. The fourth-order valence-electron chi connectivity index (χ4n) is 4.18. The quantitative estimate of drug-likeness (QED) is 0.249. The smallest absolute Gasteiger partial charge is 0.299 e. The van der Waals surface area contributed by atoms with Crippen LogP contribution in [-0.2, 0) is 6.54 Å². The minimum atomic E-state index is -0.420. The first kappa shape index (κ1) is 26.2. The molecule has 0 aliphatic rings. The van der Waals surface area contributed by atoms with E-state index in [1.807, 2.05) is 48.5 Å². The number of carbonyl (C=O) groups excluding carboxylic acids is 1. The maximum atomic E-state index is 13.7. The lowest BCUT2D eigenvalue weighted by atomic mass is 10.1. The van der Waals surface area contributed by atoms with Gasteiger partial charge in [-0.25, -0.2) is 0 Å². The van der Waals surface area contributed by atoms with Gasteiger partial charge in [0.05, 0.1) is 19.0 Å². The Kier molecular flexibility index (Phi) is 7.87. The van der Waals surface area contributed by atoms with E-state index in [0.29, 0.717) is 35.0 Å². The molecule has 1 aromatic heterocycles. The predicted octanol–water partition coefficient (Wildman–Crippen LogP) is 6.05. The molecule has 0 saturated heterocycles. The van der Waals surface area contributed by atoms with Crippen LogP contribution in [0.15, 0.2) is 120 Å². The van der Waals surface area contributed by atoms with Crippen LogP contribution in [0.25, 0.3) is 5.69 Å². The van der Waals surface area contributed by atoms with E-state index in [1.54, 1.807) is 79.7 Å². The van der Waals surface area contributed by atoms with Gasteiger partial charge in [-0.05, 0) is 60.2 Å². The minimum Gasteiger partial charge on any atom is -0.497 e. The lowest BCUT2D eigenvalue weighted by Crippen LogP contribution is -2.26. The molecule has 4 aromatic carbocycles. The normalized spacial score (nSPS) is 10.6. The number of hydrogen-bond acceptors (Lipinski definition) is 6. The predicted molar refractivity (Wildman–Crippen MR) is 155 cm³/mol. The summed E-state index contributed by atoms with van der Waals surface area (Å²) in [6, 6.07) is 33.0. The molecule has 1 heterocycles. The number of para-hydroxylation sites is 1. The second-order valence-corrected chi connectivity index (χ2v) is 9.07. The van der Waals surface area contributed by atoms with Crippen molar-refractivity contribution in [3.05, 3.63) is 137 Å². The fourth-order valence-corrected chi connectivity index (χ4v) is 4.18. The summed E-state index contributed by atoms with van der Waals surface area (Å²) in [7, 11) is 3.34. The van der Waals surface area contributed by atoms with Crippen molar-refractivity contribution in [2.45, 2.75) is 6.54 Å². The van der Waals surface area contributed by atoms with E-state index in [0.717, 1.165) is 5.56 Å². The Morgan fingerprint density at radius 1 is 0.875 bits per heavy atom. The molecule has 0 unspecified atom stereocenters. The van der Waals surface area contributed by atoms with Gasteiger partial charge in [0.25, 0.3) is 11.5 Å². The molecule has 40 heavy (non-hydrogen) atoms. The number of methoxy groups -OCH3 is 1. The van der Waals surface area contributed by atoms with Gasteiger partial charge in [-0.2, -0.15) is 9.78 Å². The van der Waals surface area contributed by atoms with Gasteiger partial charge in [0.15, 0.2) is 11.4 Å². The van der Waals surface area contributed by atoms with Gasteiger partial charge in [-0.3, -0.25) is 9.59 Å². The van der Waals surface area contributed by atoms with Crippen LogP contribution < -0.4 is 20.3 Å². The molecule has 200 valence electrons. The van der Waals surface area contributed by atoms with Crippen molar-refractivity contribution in [1.29, 1.82) is 0 Å². The number of aromatic nitrogens is 2. The van der Waals surface area contributed by atoms with E-state index >= 15 is 0 Å². The largest absolute Gasteiger partial charge is 0.497 e. The van der Waals surface area contributed by atoms with Crippen LogP contribution >= 0.6 is 0 Å². The molecule has 1 N–H and O–H groups in total. The van der Waals surface area contributed by atoms with Crippen molar-refractivity contribution in [3.63, 3.8) is 0 Å². The Balaban J connectivity index is 1.47. The molecular formula is C32H28N4O4. The third-order valence-electron chi connectivity index (χ3n) is 6.22. The number of amides is 1. The molecule has 0 bridgehead atoms. The van der Waals surface area contributed by atoms with Crippen LogP contribution in [-0.4, -0.2) is 34.7 Å². The highest BCUT2D eigenvalue weighted by Gasteiger charge is 2.17. The van der Waals surface area contributed by atoms with Crippen LogP contribution in [0.1, 0.15) is 15.9 Å². The van der Waals surface area contributed by atoms with E-state index in [2.05, 4.69) is 10.4 Å². The van der Waals surface area contributed by atoms with Crippen molar-refractivity contribution in [2.75, 3.05) is 19.5 Å². The molecule has 0 fully saturated rings. The second-order valence-electron chi connectivity index (χ2n) is 9.07. The zero-order valence-electron chi connectivity index (χ0n) is 22.2. The van der Waals surface area contributed by atoms with Crippen LogP contribution in [0.3, 0.4) is 0 Å². The summed E-state index contributed by atoms with van der Waals surface area (Å²) >= 11 is 0. The molecular weight excluding hydrogens is 504 g/mol. The monoisotopic (exact) mass is 532 g/mol. The summed E-state index contributed by atoms with van der Waals surface area (Å²) in [5, 5.41) is 7.53. The number of ether oxygens (including phenoxy) is 2. The highest BCUT2D eigenvalue weighted by Crippen LogP contribution is 2.29. The first-order chi connectivity index (χ1) is 19.5. The van der Waals surface area contributed by atoms with E-state index in [9.17, 15) is 9.59 Å². The number of benzene rings is 4. The third-order valence-corrected chi connectivity index (χ3v) is 6.22. The topological polar surface area (TPSA) is 85.7 Å².